The molecule has 1 aromatic rings. The van der Waals surface area contributed by atoms with Gasteiger partial charge in [-0.2, -0.15) is 0 Å². The van der Waals surface area contributed by atoms with Gasteiger partial charge in [0.25, 0.3) is 0 Å². The number of hydrogen-bond donors (Lipinski definition) is 0. The van der Waals surface area contributed by atoms with Gasteiger partial charge in [-0.05, 0) is 24.3 Å². The first-order valence-electron chi connectivity index (χ1n) is 8.23. The second-order valence-corrected chi connectivity index (χ2v) is 6.69. The zero-order valence-corrected chi connectivity index (χ0v) is 12.7. The van der Waals surface area contributed by atoms with E-state index >= 15 is 0 Å². The molecule has 0 N–H and O–H groups in total. The van der Waals surface area contributed by atoms with E-state index < -0.39 is 0 Å². The fourth-order valence-electron chi connectivity index (χ4n) is 4.33. The van der Waals surface area contributed by atoms with Crippen LogP contribution in [0, 0.1) is 23.7 Å². The third kappa shape index (κ3) is 2.03. The molecule has 1 unspecified atom stereocenters. The van der Waals surface area contributed by atoms with E-state index in [4.69, 9.17) is 4.74 Å². The molecule has 0 radical (unpaired) electrons. The molecule has 0 aromatic heterocycles. The lowest BCUT2D eigenvalue weighted by atomic mass is 9.64. The Bertz CT molecular complexity index is 572. The molecule has 21 heavy (non-hydrogen) atoms. The van der Waals surface area contributed by atoms with Crippen LogP contribution in [0.3, 0.4) is 0 Å². The fraction of sp³-hybridized carbons (Fsp3) is 0.579. The van der Waals surface area contributed by atoms with Gasteiger partial charge in [0, 0.05) is 25.5 Å². The summed E-state index contributed by atoms with van der Waals surface area (Å²) in [6, 6.07) is 11.3. The van der Waals surface area contributed by atoms with E-state index in [1.807, 2.05) is 0 Å². The normalized spacial score (nSPS) is 39.3. The zero-order chi connectivity index (χ0) is 14.3. The van der Waals surface area contributed by atoms with Crippen LogP contribution >= 0.6 is 0 Å². The molecule has 0 amide bonds. The van der Waals surface area contributed by atoms with Crippen molar-refractivity contribution in [1.82, 2.24) is 4.90 Å². The smallest absolute Gasteiger partial charge is 0.0913 e. The minimum absolute atomic E-state index is 0.345. The van der Waals surface area contributed by atoms with Crippen LogP contribution in [0.1, 0.15) is 31.7 Å². The van der Waals surface area contributed by atoms with E-state index in [0.717, 1.165) is 44.4 Å². The topological polar surface area (TPSA) is 12.2 Å². The molecule has 1 spiro atoms. The van der Waals surface area contributed by atoms with Gasteiger partial charge in [-0.25, -0.2) is 0 Å². The highest BCUT2D eigenvalue weighted by molar-refractivity contribution is 5.38. The molecule has 1 saturated carbocycles. The van der Waals surface area contributed by atoms with E-state index in [2.05, 4.69) is 54.0 Å². The van der Waals surface area contributed by atoms with Crippen molar-refractivity contribution in [3.8, 4) is 11.8 Å². The Labute approximate surface area is 127 Å². The Kier molecular flexibility index (Phi) is 3.28. The lowest BCUT2D eigenvalue weighted by Crippen LogP contribution is -2.47. The highest BCUT2D eigenvalue weighted by Crippen LogP contribution is 2.63. The summed E-state index contributed by atoms with van der Waals surface area (Å²) in [5.74, 6) is 8.45. The molecule has 0 bridgehead atoms. The third-order valence-electron chi connectivity index (χ3n) is 5.49. The molecule has 4 rings (SSSR count). The first-order chi connectivity index (χ1) is 10.4. The Morgan fingerprint density at radius 1 is 1.29 bits per heavy atom. The van der Waals surface area contributed by atoms with Gasteiger partial charge in [-0.1, -0.05) is 43.2 Å². The van der Waals surface area contributed by atoms with Crippen LogP contribution in [0.15, 0.2) is 30.3 Å². The number of rotatable bonds is 3. The van der Waals surface area contributed by atoms with Gasteiger partial charge in [-0.3, -0.25) is 4.90 Å². The minimum Gasteiger partial charge on any atom is -0.381 e. The van der Waals surface area contributed by atoms with Gasteiger partial charge in [0.05, 0.1) is 18.2 Å². The number of nitrogens with zero attached hydrogens (tertiary/aromatic N) is 1. The lowest BCUT2D eigenvalue weighted by Gasteiger charge is -2.40. The monoisotopic (exact) mass is 281 g/mol. The number of unbranched alkanes of at least 4 members (excludes halogenated alkanes) is 1. The summed E-state index contributed by atoms with van der Waals surface area (Å²) < 4.78 is 5.70. The number of fused-ring (bicyclic) bond motifs is 2. The van der Waals surface area contributed by atoms with Crippen LogP contribution in [0.5, 0.6) is 0 Å². The van der Waals surface area contributed by atoms with Gasteiger partial charge in [0.1, 0.15) is 0 Å². The molecule has 1 aromatic carbocycles. The number of benzene rings is 1. The van der Waals surface area contributed by atoms with Crippen LogP contribution in [-0.4, -0.2) is 29.7 Å². The summed E-state index contributed by atoms with van der Waals surface area (Å²) >= 11 is 0. The highest BCUT2D eigenvalue weighted by Gasteiger charge is 2.74. The third-order valence-corrected chi connectivity index (χ3v) is 5.49. The van der Waals surface area contributed by atoms with Crippen LogP contribution < -0.4 is 0 Å². The van der Waals surface area contributed by atoms with Crippen molar-refractivity contribution in [2.45, 2.75) is 44.3 Å². The Balaban J connectivity index is 1.53. The average molecular weight is 281 g/mol. The maximum absolute atomic E-state index is 5.70. The predicted molar refractivity (Wildman–Crippen MR) is 83.6 cm³/mol. The Hall–Kier alpha value is -1.30. The number of ether oxygens (including phenoxy) is 1. The van der Waals surface area contributed by atoms with Crippen LogP contribution in [-0.2, 0) is 11.3 Å². The zero-order valence-electron chi connectivity index (χ0n) is 12.7. The molecule has 110 valence electrons. The van der Waals surface area contributed by atoms with Crippen LogP contribution in [0.25, 0.3) is 0 Å². The molecule has 2 saturated heterocycles. The molecule has 3 fully saturated rings. The van der Waals surface area contributed by atoms with Crippen molar-refractivity contribution in [2.75, 3.05) is 13.2 Å². The van der Waals surface area contributed by atoms with Gasteiger partial charge in [-0.15, -0.1) is 5.92 Å². The second-order valence-electron chi connectivity index (χ2n) is 6.69. The molecule has 2 heterocycles. The standard InChI is InChI=1S/C19H23NO/c1-2-3-5-10-18-19(11-16-13-21-14-17(16)19)20(18)12-15-8-6-4-7-9-15/h4,6-9,16-18H,2-3,11-14H2,1H3/t16-,17+,18-,19-,20?/m1/s1. The maximum Gasteiger partial charge on any atom is 0.0913 e. The highest BCUT2D eigenvalue weighted by atomic mass is 16.5. The van der Waals surface area contributed by atoms with E-state index in [0.29, 0.717) is 11.6 Å². The molecule has 1 aliphatic carbocycles. The largest absolute Gasteiger partial charge is 0.381 e. The molecule has 2 aliphatic heterocycles. The van der Waals surface area contributed by atoms with Crippen molar-refractivity contribution >= 4 is 0 Å². The molecule has 3 aliphatic rings. The summed E-state index contributed by atoms with van der Waals surface area (Å²) in [4.78, 5) is 2.63. The first kappa shape index (κ1) is 13.4. The SMILES string of the molecule is CCCC#C[C@H]1N(Cc2ccccc2)[C@@]12C[C@@H]1COC[C@@H]12. The van der Waals surface area contributed by atoms with Crippen molar-refractivity contribution < 1.29 is 4.74 Å². The predicted octanol–water partition coefficient (Wildman–Crippen LogP) is 3.08. The molecule has 2 nitrogen and oxygen atoms in total. The Morgan fingerprint density at radius 3 is 2.90 bits per heavy atom. The number of hydrogen-bond acceptors (Lipinski definition) is 2. The maximum atomic E-state index is 5.70. The summed E-state index contributed by atoms with van der Waals surface area (Å²) in [6.07, 6.45) is 3.47. The van der Waals surface area contributed by atoms with Crippen LogP contribution in [0.2, 0.25) is 0 Å². The van der Waals surface area contributed by atoms with Gasteiger partial charge < -0.3 is 4.74 Å². The molecular formula is C19H23NO. The second kappa shape index (κ2) is 5.16. The van der Waals surface area contributed by atoms with Crippen LogP contribution in [0.4, 0.5) is 0 Å². The van der Waals surface area contributed by atoms with Gasteiger partial charge >= 0.3 is 0 Å². The van der Waals surface area contributed by atoms with E-state index in [-0.39, 0.29) is 0 Å². The van der Waals surface area contributed by atoms with Gasteiger partial charge in [0.15, 0.2) is 0 Å². The Morgan fingerprint density at radius 2 is 2.14 bits per heavy atom. The van der Waals surface area contributed by atoms with Crippen molar-refractivity contribution in [3.63, 3.8) is 0 Å². The molecule has 5 atom stereocenters. The van der Waals surface area contributed by atoms with E-state index in [1.54, 1.807) is 0 Å². The summed E-state index contributed by atoms with van der Waals surface area (Å²) in [6.45, 7) is 5.15. The van der Waals surface area contributed by atoms with E-state index in [1.165, 1.54) is 12.0 Å². The average Bonchev–Trinajstić information content (AvgIpc) is 2.94. The van der Waals surface area contributed by atoms with Crippen molar-refractivity contribution in [3.05, 3.63) is 35.9 Å². The molecular weight excluding hydrogens is 258 g/mol. The van der Waals surface area contributed by atoms with Crippen molar-refractivity contribution in [2.24, 2.45) is 11.8 Å². The quantitative estimate of drug-likeness (QED) is 0.623. The summed E-state index contributed by atoms with van der Waals surface area (Å²) in [7, 11) is 0. The fourth-order valence-corrected chi connectivity index (χ4v) is 4.33. The van der Waals surface area contributed by atoms with Gasteiger partial charge in [0.2, 0.25) is 0 Å². The van der Waals surface area contributed by atoms with E-state index in [9.17, 15) is 0 Å². The van der Waals surface area contributed by atoms with Crippen molar-refractivity contribution in [1.29, 1.82) is 0 Å². The summed E-state index contributed by atoms with van der Waals surface area (Å²) in [5.41, 5.74) is 1.75. The minimum atomic E-state index is 0.345. The summed E-state index contributed by atoms with van der Waals surface area (Å²) in [5, 5.41) is 0. The first-order valence-corrected chi connectivity index (χ1v) is 8.23. The lowest BCUT2D eigenvalue weighted by molar-refractivity contribution is 0.110. The molecule has 2 heteroatoms.